The predicted octanol–water partition coefficient (Wildman–Crippen LogP) is 2.74. The molecule has 0 aliphatic heterocycles. The van der Waals surface area contributed by atoms with Crippen molar-refractivity contribution in [3.8, 4) is 0 Å². The quantitative estimate of drug-likeness (QED) is 0.683. The molecule has 0 heterocycles. The molecule has 1 aromatic rings. The Morgan fingerprint density at radius 2 is 2.00 bits per heavy atom. The van der Waals surface area contributed by atoms with E-state index in [9.17, 15) is 22.8 Å². The van der Waals surface area contributed by atoms with Crippen LogP contribution in [0.4, 0.5) is 13.2 Å². The lowest BCUT2D eigenvalue weighted by atomic mass is 10.1. The zero-order valence-electron chi connectivity index (χ0n) is 10.4. The number of alkyl halides is 3. The summed E-state index contributed by atoms with van der Waals surface area (Å²) in [6.45, 7) is 0. The van der Waals surface area contributed by atoms with Gasteiger partial charge in [-0.2, -0.15) is 13.2 Å². The average Bonchev–Trinajstić information content (AvgIpc) is 2.36. The van der Waals surface area contributed by atoms with E-state index in [1.54, 1.807) is 0 Å². The van der Waals surface area contributed by atoms with E-state index in [1.165, 1.54) is 12.1 Å². The Balaban J connectivity index is 3.17. The van der Waals surface area contributed by atoms with E-state index in [1.807, 2.05) is 0 Å². The minimum absolute atomic E-state index is 0.0708. The first kappa shape index (κ1) is 15.7. The van der Waals surface area contributed by atoms with Crippen LogP contribution in [0.25, 0.3) is 6.08 Å². The largest absolute Gasteiger partial charge is 0.481 e. The fourth-order valence-corrected chi connectivity index (χ4v) is 1.48. The van der Waals surface area contributed by atoms with Gasteiger partial charge in [-0.05, 0) is 23.8 Å². The number of halogens is 3. The Hall–Kier alpha value is -2.31. The summed E-state index contributed by atoms with van der Waals surface area (Å²) in [4.78, 5) is 22.0. The number of carbonyl (C=O) groups is 2. The molecule has 0 fully saturated rings. The van der Waals surface area contributed by atoms with Gasteiger partial charge in [0.25, 0.3) is 0 Å². The molecule has 0 unspecified atom stereocenters. The van der Waals surface area contributed by atoms with Crippen LogP contribution in [-0.4, -0.2) is 24.2 Å². The van der Waals surface area contributed by atoms with Gasteiger partial charge in [-0.15, -0.1) is 0 Å². The maximum Gasteiger partial charge on any atom is 0.416 e. The zero-order chi connectivity index (χ0) is 15.3. The number of hydrogen-bond donors (Lipinski definition) is 1. The number of benzene rings is 1. The number of hydrogen-bond acceptors (Lipinski definition) is 3. The number of carbonyl (C=O) groups excluding carboxylic acids is 1. The van der Waals surface area contributed by atoms with Crippen molar-refractivity contribution in [2.75, 3.05) is 7.11 Å². The first-order valence-corrected chi connectivity index (χ1v) is 5.42. The van der Waals surface area contributed by atoms with Crippen LogP contribution in [0.1, 0.15) is 17.5 Å². The number of carboxylic acids is 1. The van der Waals surface area contributed by atoms with Crippen molar-refractivity contribution in [2.45, 2.75) is 12.6 Å². The normalized spacial score (nSPS) is 12.1. The molecular formula is C13H11F3O4. The highest BCUT2D eigenvalue weighted by atomic mass is 19.4. The lowest BCUT2D eigenvalue weighted by molar-refractivity contribution is -0.141. The summed E-state index contributed by atoms with van der Waals surface area (Å²) >= 11 is 0. The highest BCUT2D eigenvalue weighted by Gasteiger charge is 2.30. The Kier molecular flexibility index (Phi) is 4.90. The van der Waals surface area contributed by atoms with E-state index < -0.39 is 30.1 Å². The molecule has 0 amide bonds. The van der Waals surface area contributed by atoms with Crippen LogP contribution in [-0.2, 0) is 20.5 Å². The highest BCUT2D eigenvalue weighted by molar-refractivity contribution is 5.97. The molecule has 0 saturated carbocycles. The summed E-state index contributed by atoms with van der Waals surface area (Å²) in [5, 5.41) is 8.66. The van der Waals surface area contributed by atoms with Crippen LogP contribution >= 0.6 is 0 Å². The van der Waals surface area contributed by atoms with Gasteiger partial charge >= 0.3 is 18.1 Å². The molecule has 20 heavy (non-hydrogen) atoms. The lowest BCUT2D eigenvalue weighted by Crippen LogP contribution is -2.09. The molecule has 7 heteroatoms. The second-order valence-electron chi connectivity index (χ2n) is 3.85. The first-order chi connectivity index (χ1) is 9.24. The molecule has 0 aromatic heterocycles. The fraction of sp³-hybridized carbons (Fsp3) is 0.231. The van der Waals surface area contributed by atoms with Gasteiger partial charge in [0.05, 0.1) is 19.1 Å². The summed E-state index contributed by atoms with van der Waals surface area (Å²) in [6, 6.07) is 4.21. The third kappa shape index (κ3) is 4.42. The molecule has 1 aromatic carbocycles. The molecule has 108 valence electrons. The number of ether oxygens (including phenoxy) is 1. The smallest absolute Gasteiger partial charge is 0.416 e. The van der Waals surface area contributed by atoms with Gasteiger partial charge in [-0.25, -0.2) is 4.79 Å². The van der Waals surface area contributed by atoms with Gasteiger partial charge in [-0.1, -0.05) is 12.1 Å². The van der Waals surface area contributed by atoms with Crippen LogP contribution in [0.5, 0.6) is 0 Å². The van der Waals surface area contributed by atoms with Crippen LogP contribution < -0.4 is 0 Å². The summed E-state index contributed by atoms with van der Waals surface area (Å²) < 4.78 is 42.0. The third-order valence-corrected chi connectivity index (χ3v) is 2.34. The van der Waals surface area contributed by atoms with E-state index in [4.69, 9.17) is 5.11 Å². The van der Waals surface area contributed by atoms with Crippen molar-refractivity contribution in [1.29, 1.82) is 0 Å². The third-order valence-electron chi connectivity index (χ3n) is 2.34. The summed E-state index contributed by atoms with van der Waals surface area (Å²) in [7, 11) is 1.06. The predicted molar refractivity (Wildman–Crippen MR) is 63.7 cm³/mol. The summed E-state index contributed by atoms with van der Waals surface area (Å²) in [6.07, 6.45) is -4.08. The minimum Gasteiger partial charge on any atom is -0.481 e. The van der Waals surface area contributed by atoms with Gasteiger partial charge in [-0.3, -0.25) is 4.79 Å². The molecule has 4 nitrogen and oxygen atoms in total. The summed E-state index contributed by atoms with van der Waals surface area (Å²) in [5.41, 5.74) is -1.05. The zero-order valence-corrected chi connectivity index (χ0v) is 10.4. The van der Waals surface area contributed by atoms with Crippen molar-refractivity contribution in [3.63, 3.8) is 0 Å². The van der Waals surface area contributed by atoms with Gasteiger partial charge in [0, 0.05) is 5.57 Å². The van der Waals surface area contributed by atoms with Gasteiger partial charge in [0.2, 0.25) is 0 Å². The number of esters is 1. The maximum absolute atomic E-state index is 12.5. The van der Waals surface area contributed by atoms with Crippen LogP contribution in [0, 0.1) is 0 Å². The minimum atomic E-state index is -4.51. The van der Waals surface area contributed by atoms with Gasteiger partial charge in [0.1, 0.15) is 0 Å². The molecule has 1 N–H and O–H groups in total. The number of carboxylic acid groups (broad SMARTS) is 1. The Morgan fingerprint density at radius 3 is 2.50 bits per heavy atom. The number of rotatable bonds is 4. The van der Waals surface area contributed by atoms with Crippen LogP contribution in [0.15, 0.2) is 29.8 Å². The fourth-order valence-electron chi connectivity index (χ4n) is 1.48. The Morgan fingerprint density at radius 1 is 1.35 bits per heavy atom. The van der Waals surface area contributed by atoms with Crippen LogP contribution in [0.2, 0.25) is 0 Å². The van der Waals surface area contributed by atoms with Crippen molar-refractivity contribution in [2.24, 2.45) is 0 Å². The van der Waals surface area contributed by atoms with Crippen molar-refractivity contribution >= 4 is 18.0 Å². The molecule has 0 spiro atoms. The summed E-state index contributed by atoms with van der Waals surface area (Å²) in [5.74, 6) is -2.18. The van der Waals surface area contributed by atoms with Gasteiger partial charge in [0.15, 0.2) is 0 Å². The lowest BCUT2D eigenvalue weighted by Gasteiger charge is -2.08. The monoisotopic (exact) mass is 288 g/mol. The van der Waals surface area contributed by atoms with E-state index >= 15 is 0 Å². The topological polar surface area (TPSA) is 63.6 Å². The van der Waals surface area contributed by atoms with E-state index in [-0.39, 0.29) is 11.1 Å². The second kappa shape index (κ2) is 6.23. The number of methoxy groups -OCH3 is 1. The molecule has 0 atom stereocenters. The second-order valence-corrected chi connectivity index (χ2v) is 3.85. The standard InChI is InChI=1S/C13H11F3O4/c1-20-12(19)9(7-11(17)18)5-8-3-2-4-10(6-8)13(14,15)16/h2-6H,7H2,1H3,(H,17,18). The van der Waals surface area contributed by atoms with E-state index in [0.29, 0.717) is 0 Å². The first-order valence-electron chi connectivity index (χ1n) is 5.42. The molecule has 1 rings (SSSR count). The van der Waals surface area contributed by atoms with Crippen molar-refractivity contribution in [1.82, 2.24) is 0 Å². The van der Waals surface area contributed by atoms with E-state index in [0.717, 1.165) is 25.3 Å². The van der Waals surface area contributed by atoms with Gasteiger partial charge < -0.3 is 9.84 Å². The SMILES string of the molecule is COC(=O)C(=Cc1cccc(C(F)(F)F)c1)CC(=O)O. The number of aliphatic carboxylic acids is 1. The average molecular weight is 288 g/mol. The molecule has 0 radical (unpaired) electrons. The molecule has 0 saturated heterocycles. The van der Waals surface area contributed by atoms with Crippen molar-refractivity contribution < 1.29 is 32.6 Å². The molecular weight excluding hydrogens is 277 g/mol. The molecule has 0 aliphatic rings. The Labute approximate surface area is 112 Å². The Bertz CT molecular complexity index is 547. The van der Waals surface area contributed by atoms with Crippen LogP contribution in [0.3, 0.4) is 0 Å². The maximum atomic E-state index is 12.5. The molecule has 0 bridgehead atoms. The highest BCUT2D eigenvalue weighted by Crippen LogP contribution is 2.30. The van der Waals surface area contributed by atoms with Crippen molar-refractivity contribution in [3.05, 3.63) is 41.0 Å². The molecule has 0 aliphatic carbocycles. The van der Waals surface area contributed by atoms with E-state index in [2.05, 4.69) is 4.74 Å².